The van der Waals surface area contributed by atoms with Crippen LogP contribution in [0.4, 0.5) is 4.39 Å². The molecule has 0 radical (unpaired) electrons. The molecule has 2 aromatic rings. The molecule has 1 atom stereocenters. The van der Waals surface area contributed by atoms with Gasteiger partial charge in [0.2, 0.25) is 0 Å². The molecule has 3 nitrogen and oxygen atoms in total. The Morgan fingerprint density at radius 2 is 1.53 bits per heavy atom. The Hall–Kier alpha value is -1.75. The Bertz CT molecular complexity index is 828. The first-order valence-electron chi connectivity index (χ1n) is 11.9. The predicted octanol–water partition coefficient (Wildman–Crippen LogP) is 7.78. The Morgan fingerprint density at radius 1 is 0.875 bits per heavy atom. The first-order valence-corrected chi connectivity index (χ1v) is 11.9. The number of halogens is 1. The van der Waals surface area contributed by atoms with Crippen LogP contribution in [-0.2, 0) is 20.6 Å². The molecule has 0 saturated carbocycles. The number of hydrogen-bond acceptors (Lipinski definition) is 3. The molecule has 0 amide bonds. The highest BCUT2D eigenvalue weighted by Gasteiger charge is 2.27. The average Bonchev–Trinajstić information content (AvgIpc) is 2.77. The molecule has 0 fully saturated rings. The zero-order valence-electron chi connectivity index (χ0n) is 21.0. The second-order valence-electron chi connectivity index (χ2n) is 9.03. The van der Waals surface area contributed by atoms with Crippen LogP contribution in [0.15, 0.2) is 30.3 Å². The predicted molar refractivity (Wildman–Crippen MR) is 131 cm³/mol. The fraction of sp³-hybridized carbons (Fsp3) is 0.571. The van der Waals surface area contributed by atoms with E-state index in [1.54, 1.807) is 26.4 Å². The summed E-state index contributed by atoms with van der Waals surface area (Å²) in [5, 5.41) is 0. The summed E-state index contributed by atoms with van der Waals surface area (Å²) >= 11 is 0. The second-order valence-corrected chi connectivity index (χ2v) is 9.03. The highest BCUT2D eigenvalue weighted by molar-refractivity contribution is 5.75. The monoisotopic (exact) mass is 444 g/mol. The number of ether oxygens (including phenoxy) is 3. The Labute approximate surface area is 194 Å². The maximum absolute atomic E-state index is 13.8. The highest BCUT2D eigenvalue weighted by atomic mass is 19.1. The second kappa shape index (κ2) is 13.1. The van der Waals surface area contributed by atoms with Crippen molar-refractivity contribution in [2.45, 2.75) is 78.4 Å². The van der Waals surface area contributed by atoms with Crippen LogP contribution in [0.2, 0.25) is 0 Å². The van der Waals surface area contributed by atoms with Crippen molar-refractivity contribution < 1.29 is 18.6 Å². The molecule has 0 saturated heterocycles. The molecule has 4 heteroatoms. The van der Waals surface area contributed by atoms with E-state index in [1.165, 1.54) is 29.5 Å². The summed E-state index contributed by atoms with van der Waals surface area (Å²) in [6, 6.07) is 9.20. The minimum Gasteiger partial charge on any atom is -0.382 e. The van der Waals surface area contributed by atoms with E-state index in [2.05, 4.69) is 40.7 Å². The van der Waals surface area contributed by atoms with E-state index in [4.69, 9.17) is 14.2 Å². The molecule has 2 rings (SSSR count). The number of methoxy groups -OCH3 is 2. The van der Waals surface area contributed by atoms with Gasteiger partial charge in [-0.2, -0.15) is 0 Å². The van der Waals surface area contributed by atoms with E-state index in [9.17, 15) is 4.39 Å². The summed E-state index contributed by atoms with van der Waals surface area (Å²) in [5.74, 6) is 0.439. The van der Waals surface area contributed by atoms with Gasteiger partial charge in [0.05, 0.1) is 13.2 Å². The Kier molecular flexibility index (Phi) is 10.8. The van der Waals surface area contributed by atoms with E-state index >= 15 is 0 Å². The fourth-order valence-electron chi connectivity index (χ4n) is 4.31. The fourth-order valence-corrected chi connectivity index (χ4v) is 4.31. The van der Waals surface area contributed by atoms with Crippen molar-refractivity contribution in [3.63, 3.8) is 0 Å². The highest BCUT2D eigenvalue weighted by Crippen LogP contribution is 2.43. The number of unbranched alkanes of at least 4 members (excludes halogenated alkanes) is 2. The van der Waals surface area contributed by atoms with Crippen molar-refractivity contribution in [2.75, 3.05) is 27.4 Å². The topological polar surface area (TPSA) is 27.7 Å². The summed E-state index contributed by atoms with van der Waals surface area (Å²) in [5.41, 5.74) is 7.11. The first-order chi connectivity index (χ1) is 15.3. The summed E-state index contributed by atoms with van der Waals surface area (Å²) in [6.07, 6.45) is 3.93. The molecule has 0 aromatic heterocycles. The Balaban J connectivity index is 2.84. The van der Waals surface area contributed by atoms with Crippen molar-refractivity contribution in [3.05, 3.63) is 58.4 Å². The van der Waals surface area contributed by atoms with Crippen LogP contribution < -0.4 is 0 Å². The molecule has 0 aliphatic carbocycles. The molecule has 0 aliphatic heterocycles. The number of hydrogen-bond donors (Lipinski definition) is 0. The molecule has 0 heterocycles. The van der Waals surface area contributed by atoms with Gasteiger partial charge in [0, 0.05) is 19.8 Å². The lowest BCUT2D eigenvalue weighted by atomic mass is 9.79. The third kappa shape index (κ3) is 6.63. The van der Waals surface area contributed by atoms with E-state index in [0.717, 1.165) is 29.5 Å². The minimum atomic E-state index is -0.520. The van der Waals surface area contributed by atoms with Gasteiger partial charge in [-0.1, -0.05) is 65.7 Å². The summed E-state index contributed by atoms with van der Waals surface area (Å²) in [4.78, 5) is 0. The molecule has 32 heavy (non-hydrogen) atoms. The Morgan fingerprint density at radius 3 is 2.06 bits per heavy atom. The van der Waals surface area contributed by atoms with Crippen molar-refractivity contribution in [3.8, 4) is 11.1 Å². The van der Waals surface area contributed by atoms with Crippen LogP contribution in [0.5, 0.6) is 0 Å². The van der Waals surface area contributed by atoms with E-state index in [1.807, 2.05) is 12.1 Å². The molecular weight excluding hydrogens is 403 g/mol. The standard InChI is InChI=1S/C28H41FO3/c1-8-9-10-11-23-24(19(2)3)18-25(20(4)5)27(28(31-7)32-17-16-30-6)26(23)21-12-14-22(29)15-13-21/h12-15,18-20,28H,8-11,16-17H2,1-7H3. The maximum Gasteiger partial charge on any atom is 0.184 e. The molecule has 0 bridgehead atoms. The number of rotatable bonds is 13. The molecular formula is C28H41FO3. The maximum atomic E-state index is 13.8. The third-order valence-corrected chi connectivity index (χ3v) is 5.96. The van der Waals surface area contributed by atoms with E-state index in [0.29, 0.717) is 19.1 Å². The minimum absolute atomic E-state index is 0.230. The summed E-state index contributed by atoms with van der Waals surface area (Å²) < 4.78 is 31.1. The first kappa shape index (κ1) is 26.5. The quantitative estimate of drug-likeness (QED) is 0.233. The van der Waals surface area contributed by atoms with Gasteiger partial charge >= 0.3 is 0 Å². The van der Waals surface area contributed by atoms with E-state index < -0.39 is 6.29 Å². The van der Waals surface area contributed by atoms with Crippen LogP contribution >= 0.6 is 0 Å². The van der Waals surface area contributed by atoms with Gasteiger partial charge in [0.1, 0.15) is 5.82 Å². The van der Waals surface area contributed by atoms with Crippen molar-refractivity contribution >= 4 is 0 Å². The van der Waals surface area contributed by atoms with Gasteiger partial charge in [0.15, 0.2) is 6.29 Å². The average molecular weight is 445 g/mol. The van der Waals surface area contributed by atoms with Gasteiger partial charge in [-0.25, -0.2) is 4.39 Å². The molecule has 0 N–H and O–H groups in total. The zero-order valence-corrected chi connectivity index (χ0v) is 21.0. The van der Waals surface area contributed by atoms with Gasteiger partial charge in [0.25, 0.3) is 0 Å². The lowest BCUT2D eigenvalue weighted by molar-refractivity contribution is -0.135. The molecule has 1 unspecified atom stereocenters. The third-order valence-electron chi connectivity index (χ3n) is 5.96. The van der Waals surface area contributed by atoms with Crippen LogP contribution in [0.25, 0.3) is 11.1 Å². The molecule has 0 spiro atoms. The smallest absolute Gasteiger partial charge is 0.184 e. The lowest BCUT2D eigenvalue weighted by Gasteiger charge is -2.30. The van der Waals surface area contributed by atoms with Gasteiger partial charge in [-0.3, -0.25) is 0 Å². The van der Waals surface area contributed by atoms with Crippen LogP contribution in [0, 0.1) is 5.82 Å². The zero-order chi connectivity index (χ0) is 23.7. The normalized spacial score (nSPS) is 12.7. The molecule has 0 aliphatic rings. The SMILES string of the molecule is CCCCCc1c(C(C)C)cc(C(C)C)c(C(OC)OCCOC)c1-c1ccc(F)cc1. The summed E-state index contributed by atoms with van der Waals surface area (Å²) in [6.45, 7) is 12.1. The van der Waals surface area contributed by atoms with Crippen LogP contribution in [0.1, 0.15) is 94.3 Å². The molecule has 178 valence electrons. The molecule has 2 aromatic carbocycles. The summed E-state index contributed by atoms with van der Waals surface area (Å²) in [7, 11) is 3.35. The van der Waals surface area contributed by atoms with Gasteiger partial charge in [-0.15, -0.1) is 0 Å². The van der Waals surface area contributed by atoms with Gasteiger partial charge in [-0.05, 0) is 64.6 Å². The van der Waals surface area contributed by atoms with Crippen molar-refractivity contribution in [1.29, 1.82) is 0 Å². The number of benzene rings is 2. The van der Waals surface area contributed by atoms with Gasteiger partial charge < -0.3 is 14.2 Å². The lowest BCUT2D eigenvalue weighted by Crippen LogP contribution is -2.17. The van der Waals surface area contributed by atoms with Crippen LogP contribution in [0.3, 0.4) is 0 Å². The van der Waals surface area contributed by atoms with E-state index in [-0.39, 0.29) is 11.7 Å². The largest absolute Gasteiger partial charge is 0.382 e. The van der Waals surface area contributed by atoms with Crippen molar-refractivity contribution in [1.82, 2.24) is 0 Å². The van der Waals surface area contributed by atoms with Crippen LogP contribution in [-0.4, -0.2) is 27.4 Å². The van der Waals surface area contributed by atoms with Crippen molar-refractivity contribution in [2.24, 2.45) is 0 Å².